The van der Waals surface area contributed by atoms with Crippen LogP contribution in [0.3, 0.4) is 0 Å². The second-order valence-electron chi connectivity index (χ2n) is 2.24. The minimum atomic E-state index is 0. The van der Waals surface area contributed by atoms with Crippen LogP contribution in [0, 0.1) is 13.8 Å². The van der Waals surface area contributed by atoms with E-state index >= 15 is 0 Å². The first-order chi connectivity index (χ1) is 4.74. The quantitative estimate of drug-likeness (QED) is 0.689. The van der Waals surface area contributed by atoms with Crippen molar-refractivity contribution >= 4 is 12.4 Å². The third-order valence-corrected chi connectivity index (χ3v) is 1.45. The van der Waals surface area contributed by atoms with Gasteiger partial charge < -0.3 is 5.73 Å². The molecular formula is C7H12ClN3. The standard InChI is InChI=1S/C7H11N3.ClH/c1-5-6(2)10-7(3-8)4-9-5;/h4H,3,8H2,1-2H3;1H. The van der Waals surface area contributed by atoms with Crippen molar-refractivity contribution in [1.29, 1.82) is 0 Å². The summed E-state index contributed by atoms with van der Waals surface area (Å²) in [4.78, 5) is 8.31. The molecule has 1 rings (SSSR count). The molecule has 3 nitrogen and oxygen atoms in total. The molecule has 0 aliphatic rings. The van der Waals surface area contributed by atoms with E-state index in [0.717, 1.165) is 17.1 Å². The van der Waals surface area contributed by atoms with Crippen LogP contribution in [0.1, 0.15) is 17.1 Å². The molecule has 4 heteroatoms. The Bertz CT molecular complexity index is 237. The monoisotopic (exact) mass is 173 g/mol. The fraction of sp³-hybridized carbons (Fsp3) is 0.429. The smallest absolute Gasteiger partial charge is 0.0725 e. The highest BCUT2D eigenvalue weighted by Crippen LogP contribution is 1.99. The highest BCUT2D eigenvalue weighted by Gasteiger charge is 1.95. The molecule has 11 heavy (non-hydrogen) atoms. The van der Waals surface area contributed by atoms with Gasteiger partial charge >= 0.3 is 0 Å². The van der Waals surface area contributed by atoms with Crippen LogP contribution in [0.2, 0.25) is 0 Å². The first-order valence-electron chi connectivity index (χ1n) is 3.23. The van der Waals surface area contributed by atoms with Crippen LogP contribution in [0.5, 0.6) is 0 Å². The van der Waals surface area contributed by atoms with E-state index in [9.17, 15) is 0 Å². The van der Waals surface area contributed by atoms with Gasteiger partial charge in [0.15, 0.2) is 0 Å². The first kappa shape index (κ1) is 10.3. The Hall–Kier alpha value is -0.670. The molecule has 1 aromatic heterocycles. The molecule has 0 aromatic carbocycles. The van der Waals surface area contributed by atoms with E-state index in [1.54, 1.807) is 6.20 Å². The second kappa shape index (κ2) is 4.26. The molecule has 0 unspecified atom stereocenters. The van der Waals surface area contributed by atoms with E-state index in [1.807, 2.05) is 13.8 Å². The van der Waals surface area contributed by atoms with E-state index < -0.39 is 0 Å². The van der Waals surface area contributed by atoms with Crippen molar-refractivity contribution < 1.29 is 0 Å². The van der Waals surface area contributed by atoms with Crippen LogP contribution in [0.15, 0.2) is 6.20 Å². The molecule has 0 spiro atoms. The minimum Gasteiger partial charge on any atom is -0.325 e. The van der Waals surface area contributed by atoms with Gasteiger partial charge in [-0.15, -0.1) is 12.4 Å². The van der Waals surface area contributed by atoms with Crippen molar-refractivity contribution in [2.45, 2.75) is 20.4 Å². The largest absolute Gasteiger partial charge is 0.325 e. The lowest BCUT2D eigenvalue weighted by Gasteiger charge is -1.99. The van der Waals surface area contributed by atoms with Gasteiger partial charge in [-0.3, -0.25) is 9.97 Å². The summed E-state index contributed by atoms with van der Waals surface area (Å²) in [7, 11) is 0. The second-order valence-corrected chi connectivity index (χ2v) is 2.24. The SMILES string of the molecule is Cc1ncc(CN)nc1C.Cl. The topological polar surface area (TPSA) is 51.8 Å². The number of rotatable bonds is 1. The summed E-state index contributed by atoms with van der Waals surface area (Å²) < 4.78 is 0. The Morgan fingerprint density at radius 1 is 1.36 bits per heavy atom. The zero-order valence-electron chi connectivity index (χ0n) is 6.66. The van der Waals surface area contributed by atoms with Crippen LogP contribution in [0.4, 0.5) is 0 Å². The summed E-state index contributed by atoms with van der Waals surface area (Å²) in [5.41, 5.74) is 8.15. The van der Waals surface area contributed by atoms with Gasteiger partial charge in [0.2, 0.25) is 0 Å². The minimum absolute atomic E-state index is 0. The third-order valence-electron chi connectivity index (χ3n) is 1.45. The maximum Gasteiger partial charge on any atom is 0.0725 e. The predicted octanol–water partition coefficient (Wildman–Crippen LogP) is 0.974. The predicted molar refractivity (Wildman–Crippen MR) is 46.6 cm³/mol. The van der Waals surface area contributed by atoms with Crippen molar-refractivity contribution in [2.75, 3.05) is 0 Å². The summed E-state index contributed by atoms with van der Waals surface area (Å²) in [5.74, 6) is 0. The Kier molecular flexibility index (Phi) is 4.00. The van der Waals surface area contributed by atoms with Gasteiger partial charge in [-0.25, -0.2) is 0 Å². The Morgan fingerprint density at radius 3 is 2.45 bits per heavy atom. The maximum atomic E-state index is 5.37. The number of aromatic nitrogens is 2. The molecular weight excluding hydrogens is 162 g/mol. The summed E-state index contributed by atoms with van der Waals surface area (Å²) in [6, 6.07) is 0. The van der Waals surface area contributed by atoms with Crippen molar-refractivity contribution in [1.82, 2.24) is 9.97 Å². The van der Waals surface area contributed by atoms with Gasteiger partial charge in [-0.2, -0.15) is 0 Å². The summed E-state index contributed by atoms with van der Waals surface area (Å²) in [6.45, 7) is 4.33. The zero-order chi connectivity index (χ0) is 7.56. The molecule has 0 saturated carbocycles. The van der Waals surface area contributed by atoms with E-state index in [-0.39, 0.29) is 12.4 Å². The molecule has 1 heterocycles. The molecule has 0 fully saturated rings. The molecule has 0 atom stereocenters. The maximum absolute atomic E-state index is 5.37. The summed E-state index contributed by atoms with van der Waals surface area (Å²) >= 11 is 0. The molecule has 0 bridgehead atoms. The normalized spacial score (nSPS) is 9.00. The number of nitrogens with zero attached hydrogens (tertiary/aromatic N) is 2. The molecule has 0 saturated heterocycles. The Morgan fingerprint density at radius 2 is 2.00 bits per heavy atom. The van der Waals surface area contributed by atoms with E-state index in [1.165, 1.54) is 0 Å². The molecule has 1 aromatic rings. The van der Waals surface area contributed by atoms with Crippen LogP contribution >= 0.6 is 12.4 Å². The number of halogens is 1. The number of hydrogen-bond acceptors (Lipinski definition) is 3. The highest BCUT2D eigenvalue weighted by atomic mass is 35.5. The number of aryl methyl sites for hydroxylation is 2. The molecule has 2 N–H and O–H groups in total. The van der Waals surface area contributed by atoms with Crippen molar-refractivity contribution in [3.63, 3.8) is 0 Å². The van der Waals surface area contributed by atoms with Crippen LogP contribution < -0.4 is 5.73 Å². The average Bonchev–Trinajstić information content (AvgIpc) is 1.95. The van der Waals surface area contributed by atoms with Gasteiger partial charge in [0, 0.05) is 6.54 Å². The fourth-order valence-electron chi connectivity index (χ4n) is 0.688. The summed E-state index contributed by atoms with van der Waals surface area (Å²) in [6.07, 6.45) is 1.71. The molecule has 0 aliphatic heterocycles. The van der Waals surface area contributed by atoms with E-state index in [4.69, 9.17) is 5.73 Å². The van der Waals surface area contributed by atoms with Crippen molar-refractivity contribution in [2.24, 2.45) is 5.73 Å². The van der Waals surface area contributed by atoms with E-state index in [2.05, 4.69) is 9.97 Å². The Balaban J connectivity index is 0.000001000. The highest BCUT2D eigenvalue weighted by molar-refractivity contribution is 5.85. The average molecular weight is 174 g/mol. The number of hydrogen-bond donors (Lipinski definition) is 1. The lowest BCUT2D eigenvalue weighted by atomic mass is 10.3. The fourth-order valence-corrected chi connectivity index (χ4v) is 0.688. The van der Waals surface area contributed by atoms with Crippen LogP contribution in [-0.4, -0.2) is 9.97 Å². The first-order valence-corrected chi connectivity index (χ1v) is 3.23. The lowest BCUT2D eigenvalue weighted by molar-refractivity contribution is 0.918. The van der Waals surface area contributed by atoms with Crippen LogP contribution in [0.25, 0.3) is 0 Å². The molecule has 0 aliphatic carbocycles. The van der Waals surface area contributed by atoms with Gasteiger partial charge in [-0.1, -0.05) is 0 Å². The van der Waals surface area contributed by atoms with Crippen molar-refractivity contribution in [3.8, 4) is 0 Å². The zero-order valence-corrected chi connectivity index (χ0v) is 7.48. The van der Waals surface area contributed by atoms with E-state index in [0.29, 0.717) is 6.54 Å². The Labute approximate surface area is 72.5 Å². The third kappa shape index (κ3) is 2.44. The molecule has 62 valence electrons. The van der Waals surface area contributed by atoms with Gasteiger partial charge in [0.25, 0.3) is 0 Å². The molecule has 0 amide bonds. The lowest BCUT2D eigenvalue weighted by Crippen LogP contribution is -2.02. The molecule has 0 radical (unpaired) electrons. The summed E-state index contributed by atoms with van der Waals surface area (Å²) in [5, 5.41) is 0. The van der Waals surface area contributed by atoms with Crippen LogP contribution in [-0.2, 0) is 6.54 Å². The number of nitrogens with two attached hydrogens (primary N) is 1. The van der Waals surface area contributed by atoms with Gasteiger partial charge in [0.1, 0.15) is 0 Å². The van der Waals surface area contributed by atoms with Gasteiger partial charge in [-0.05, 0) is 13.8 Å². The van der Waals surface area contributed by atoms with Crippen molar-refractivity contribution in [3.05, 3.63) is 23.3 Å². The van der Waals surface area contributed by atoms with Gasteiger partial charge in [0.05, 0.1) is 23.3 Å².